The normalized spacial score (nSPS) is 29.2. The van der Waals surface area contributed by atoms with Crippen LogP contribution in [0.5, 0.6) is 0 Å². The molecule has 2 aliphatic carbocycles. The first-order chi connectivity index (χ1) is 11.7. The molecular formula is C17H22N4O3. The highest BCUT2D eigenvalue weighted by molar-refractivity contribution is 5.91. The van der Waals surface area contributed by atoms with Crippen molar-refractivity contribution in [3.05, 3.63) is 24.3 Å². The van der Waals surface area contributed by atoms with Gasteiger partial charge < -0.3 is 15.0 Å². The molecule has 7 nitrogen and oxygen atoms in total. The molecule has 0 aromatic carbocycles. The second kappa shape index (κ2) is 6.47. The minimum absolute atomic E-state index is 0.0311. The van der Waals surface area contributed by atoms with Crippen molar-refractivity contribution in [3.63, 3.8) is 0 Å². The fraction of sp³-hybridized carbons (Fsp3) is 0.647. The van der Waals surface area contributed by atoms with Crippen LogP contribution < -0.4 is 5.32 Å². The molecule has 1 saturated heterocycles. The van der Waals surface area contributed by atoms with Gasteiger partial charge in [-0.3, -0.25) is 14.6 Å². The van der Waals surface area contributed by atoms with Gasteiger partial charge in [-0.05, 0) is 25.7 Å². The first-order valence-corrected chi connectivity index (χ1v) is 8.70. The van der Waals surface area contributed by atoms with Crippen LogP contribution in [0.1, 0.15) is 36.2 Å². The summed E-state index contributed by atoms with van der Waals surface area (Å²) in [7, 11) is 0. The number of fused-ring (bicyclic) bond motifs is 1. The molecule has 24 heavy (non-hydrogen) atoms. The maximum absolute atomic E-state index is 12.4. The highest BCUT2D eigenvalue weighted by atomic mass is 16.5. The number of rotatable bonds is 4. The Labute approximate surface area is 140 Å². The van der Waals surface area contributed by atoms with Crippen LogP contribution in [0.15, 0.2) is 18.6 Å². The van der Waals surface area contributed by atoms with Crippen molar-refractivity contribution in [2.75, 3.05) is 19.7 Å². The van der Waals surface area contributed by atoms with Gasteiger partial charge in [-0.2, -0.15) is 0 Å². The zero-order valence-corrected chi connectivity index (χ0v) is 13.6. The summed E-state index contributed by atoms with van der Waals surface area (Å²) in [6, 6.07) is 0.172. The highest BCUT2D eigenvalue weighted by Crippen LogP contribution is 2.38. The third-order valence-electron chi connectivity index (χ3n) is 5.25. The summed E-state index contributed by atoms with van der Waals surface area (Å²) in [6.07, 6.45) is 8.52. The number of hydrogen-bond donors (Lipinski definition) is 1. The molecule has 3 atom stereocenters. The molecule has 1 aromatic rings. The molecule has 1 aromatic heterocycles. The van der Waals surface area contributed by atoms with Crippen molar-refractivity contribution in [3.8, 4) is 0 Å². The number of ether oxygens (including phenoxy) is 1. The number of carbonyl (C=O) groups is 2. The largest absolute Gasteiger partial charge is 0.374 e. The number of amides is 2. The molecule has 3 unspecified atom stereocenters. The summed E-state index contributed by atoms with van der Waals surface area (Å²) in [4.78, 5) is 34.5. The van der Waals surface area contributed by atoms with Crippen LogP contribution in [-0.2, 0) is 9.53 Å². The summed E-state index contributed by atoms with van der Waals surface area (Å²) in [5.41, 5.74) is 0.321. The van der Waals surface area contributed by atoms with Crippen molar-refractivity contribution in [2.45, 2.75) is 37.8 Å². The zero-order chi connectivity index (χ0) is 16.5. The van der Waals surface area contributed by atoms with E-state index >= 15 is 0 Å². The van der Waals surface area contributed by atoms with E-state index in [9.17, 15) is 9.59 Å². The predicted octanol–water partition coefficient (Wildman–Crippen LogP) is 0.622. The number of nitrogens with one attached hydrogen (secondary N) is 1. The average Bonchev–Trinajstić information content (AvgIpc) is 3.40. The van der Waals surface area contributed by atoms with E-state index in [0.717, 1.165) is 25.7 Å². The monoisotopic (exact) mass is 330 g/mol. The lowest BCUT2D eigenvalue weighted by molar-refractivity contribution is -0.147. The number of morpholine rings is 1. The SMILES string of the molecule is O=C(NCC1CCC2C1OCCN2C(=O)C1CC1)c1cnccn1. The lowest BCUT2D eigenvalue weighted by atomic mass is 10.0. The molecule has 3 aliphatic rings. The number of aromatic nitrogens is 2. The van der Waals surface area contributed by atoms with E-state index in [-0.39, 0.29) is 29.9 Å². The number of carbonyl (C=O) groups excluding carboxylic acids is 2. The van der Waals surface area contributed by atoms with Crippen LogP contribution in [0.4, 0.5) is 0 Å². The van der Waals surface area contributed by atoms with Gasteiger partial charge in [-0.1, -0.05) is 0 Å². The molecule has 1 aliphatic heterocycles. The molecule has 128 valence electrons. The Morgan fingerprint density at radius 1 is 1.25 bits per heavy atom. The first kappa shape index (κ1) is 15.5. The van der Waals surface area contributed by atoms with Crippen molar-refractivity contribution in [1.29, 1.82) is 0 Å². The van der Waals surface area contributed by atoms with E-state index in [1.54, 1.807) is 6.20 Å². The Bertz CT molecular complexity index is 620. The minimum atomic E-state index is -0.215. The van der Waals surface area contributed by atoms with Crippen molar-refractivity contribution >= 4 is 11.8 Å². The molecule has 2 amide bonds. The molecule has 1 N–H and O–H groups in total. The third-order valence-corrected chi connectivity index (χ3v) is 5.25. The molecule has 4 rings (SSSR count). The van der Waals surface area contributed by atoms with E-state index in [0.29, 0.717) is 31.3 Å². The molecular weight excluding hydrogens is 308 g/mol. The van der Waals surface area contributed by atoms with Gasteiger partial charge in [-0.25, -0.2) is 4.98 Å². The van der Waals surface area contributed by atoms with Gasteiger partial charge in [-0.15, -0.1) is 0 Å². The average molecular weight is 330 g/mol. The smallest absolute Gasteiger partial charge is 0.271 e. The summed E-state index contributed by atoms with van der Waals surface area (Å²) in [5, 5.41) is 2.93. The van der Waals surface area contributed by atoms with Crippen LogP contribution in [0, 0.1) is 11.8 Å². The second-order valence-corrected chi connectivity index (χ2v) is 6.85. The van der Waals surface area contributed by atoms with Gasteiger partial charge in [0.1, 0.15) is 5.69 Å². The van der Waals surface area contributed by atoms with Gasteiger partial charge in [0, 0.05) is 37.3 Å². The van der Waals surface area contributed by atoms with E-state index in [4.69, 9.17) is 4.74 Å². The quantitative estimate of drug-likeness (QED) is 0.875. The zero-order valence-electron chi connectivity index (χ0n) is 13.6. The summed E-state index contributed by atoms with van der Waals surface area (Å²) >= 11 is 0. The van der Waals surface area contributed by atoms with Crippen LogP contribution in [0.25, 0.3) is 0 Å². The first-order valence-electron chi connectivity index (χ1n) is 8.70. The minimum Gasteiger partial charge on any atom is -0.374 e. The third kappa shape index (κ3) is 3.00. The van der Waals surface area contributed by atoms with Gasteiger partial charge in [0.05, 0.1) is 24.9 Å². The Morgan fingerprint density at radius 2 is 2.12 bits per heavy atom. The van der Waals surface area contributed by atoms with E-state index < -0.39 is 0 Å². The molecule has 2 saturated carbocycles. The molecule has 2 heterocycles. The Morgan fingerprint density at radius 3 is 2.88 bits per heavy atom. The van der Waals surface area contributed by atoms with Crippen molar-refractivity contribution in [2.24, 2.45) is 11.8 Å². The summed E-state index contributed by atoms with van der Waals surface area (Å²) < 4.78 is 5.96. The maximum Gasteiger partial charge on any atom is 0.271 e. The summed E-state index contributed by atoms with van der Waals surface area (Å²) in [5.74, 6) is 0.579. The predicted molar refractivity (Wildman–Crippen MR) is 85.1 cm³/mol. The standard InChI is InChI=1S/C17H22N4O3/c22-16(13-10-18-5-6-19-13)20-9-12-3-4-14-15(12)24-8-7-21(14)17(23)11-1-2-11/h5-6,10-12,14-15H,1-4,7-9H2,(H,20,22). The lowest BCUT2D eigenvalue weighted by Gasteiger charge is -2.39. The van der Waals surface area contributed by atoms with Crippen molar-refractivity contribution in [1.82, 2.24) is 20.2 Å². The van der Waals surface area contributed by atoms with E-state index in [1.807, 2.05) is 4.90 Å². The van der Waals surface area contributed by atoms with Crippen LogP contribution in [-0.4, -0.2) is 58.5 Å². The fourth-order valence-corrected chi connectivity index (χ4v) is 3.85. The Kier molecular flexibility index (Phi) is 4.18. The summed E-state index contributed by atoms with van der Waals surface area (Å²) in [6.45, 7) is 1.84. The molecule has 0 spiro atoms. The van der Waals surface area contributed by atoms with Crippen LogP contribution in [0.3, 0.4) is 0 Å². The second-order valence-electron chi connectivity index (χ2n) is 6.85. The molecule has 0 bridgehead atoms. The van der Waals surface area contributed by atoms with Gasteiger partial charge in [0.2, 0.25) is 5.91 Å². The topological polar surface area (TPSA) is 84.4 Å². The number of hydrogen-bond acceptors (Lipinski definition) is 5. The maximum atomic E-state index is 12.4. The van der Waals surface area contributed by atoms with Crippen LogP contribution in [0.2, 0.25) is 0 Å². The molecule has 3 fully saturated rings. The number of nitrogens with zero attached hydrogens (tertiary/aromatic N) is 3. The van der Waals surface area contributed by atoms with E-state index in [2.05, 4.69) is 15.3 Å². The van der Waals surface area contributed by atoms with Gasteiger partial charge in [0.15, 0.2) is 0 Å². The van der Waals surface area contributed by atoms with Crippen LogP contribution >= 0.6 is 0 Å². The van der Waals surface area contributed by atoms with E-state index in [1.165, 1.54) is 12.4 Å². The Hall–Kier alpha value is -2.02. The molecule has 0 radical (unpaired) electrons. The van der Waals surface area contributed by atoms with Crippen molar-refractivity contribution < 1.29 is 14.3 Å². The highest BCUT2D eigenvalue weighted by Gasteiger charge is 2.46. The lowest BCUT2D eigenvalue weighted by Crippen LogP contribution is -2.54. The fourth-order valence-electron chi connectivity index (χ4n) is 3.85. The van der Waals surface area contributed by atoms with Gasteiger partial charge >= 0.3 is 0 Å². The molecule has 7 heteroatoms. The Balaban J connectivity index is 1.36. The van der Waals surface area contributed by atoms with Gasteiger partial charge in [0.25, 0.3) is 5.91 Å².